The third-order valence-corrected chi connectivity index (χ3v) is 6.86. The normalized spacial score (nSPS) is 12.2. The van der Waals surface area contributed by atoms with Crippen LogP contribution in [-0.4, -0.2) is 29.6 Å². The number of benzene rings is 2. The minimum absolute atomic E-state index is 0.0639. The van der Waals surface area contributed by atoms with Crippen molar-refractivity contribution >= 4 is 19.9 Å². The Labute approximate surface area is 143 Å². The van der Waals surface area contributed by atoms with E-state index in [0.29, 0.717) is 12.0 Å². The number of sulfonamides is 1. The summed E-state index contributed by atoms with van der Waals surface area (Å²) in [4.78, 5) is 0.117. The quantitative estimate of drug-likeness (QED) is 0.812. The average molecular weight is 367 g/mol. The SMILES string of the molecule is CNS(=O)(=O)c1ccc(CS(=O)(=O)CCc2ccccc2C)cc1. The Bertz CT molecular complexity index is 902. The number of rotatable bonds is 7. The largest absolute Gasteiger partial charge is 0.240 e. The van der Waals surface area contributed by atoms with E-state index >= 15 is 0 Å². The van der Waals surface area contributed by atoms with Crippen molar-refractivity contribution in [1.29, 1.82) is 0 Å². The standard InChI is InChI=1S/C17H21NO4S2/c1-14-5-3-4-6-16(14)11-12-23(19,20)13-15-7-9-17(10-8-15)24(21,22)18-2/h3-10,18H,11-13H2,1-2H3. The van der Waals surface area contributed by atoms with Crippen molar-refractivity contribution in [2.75, 3.05) is 12.8 Å². The second-order valence-corrected chi connectivity index (χ2v) is 9.69. The second kappa shape index (κ2) is 7.46. The van der Waals surface area contributed by atoms with Crippen molar-refractivity contribution in [3.63, 3.8) is 0 Å². The Hall–Kier alpha value is -1.70. The molecule has 0 fully saturated rings. The molecule has 0 aliphatic carbocycles. The predicted octanol–water partition coefficient (Wildman–Crippen LogP) is 2.06. The van der Waals surface area contributed by atoms with Crippen LogP contribution in [0.1, 0.15) is 16.7 Å². The molecule has 0 radical (unpaired) electrons. The fourth-order valence-corrected chi connectivity index (χ4v) is 4.47. The number of sulfone groups is 1. The third kappa shape index (κ3) is 4.90. The zero-order valence-corrected chi connectivity index (χ0v) is 15.3. The first-order valence-electron chi connectivity index (χ1n) is 7.51. The fourth-order valence-electron chi connectivity index (χ4n) is 2.36. The second-order valence-electron chi connectivity index (χ2n) is 5.62. The van der Waals surface area contributed by atoms with Gasteiger partial charge in [-0.15, -0.1) is 0 Å². The lowest BCUT2D eigenvalue weighted by molar-refractivity contribution is 0.588. The zero-order valence-electron chi connectivity index (χ0n) is 13.7. The van der Waals surface area contributed by atoms with Gasteiger partial charge in [0.2, 0.25) is 10.0 Å². The molecule has 0 heterocycles. The van der Waals surface area contributed by atoms with E-state index in [1.165, 1.54) is 31.3 Å². The molecule has 5 nitrogen and oxygen atoms in total. The van der Waals surface area contributed by atoms with Gasteiger partial charge in [-0.1, -0.05) is 36.4 Å². The van der Waals surface area contributed by atoms with E-state index in [9.17, 15) is 16.8 Å². The van der Waals surface area contributed by atoms with E-state index in [0.717, 1.165) is 11.1 Å². The Kier molecular flexibility index (Phi) is 5.79. The maximum Gasteiger partial charge on any atom is 0.240 e. The highest BCUT2D eigenvalue weighted by atomic mass is 32.2. The van der Waals surface area contributed by atoms with Crippen LogP contribution in [0.2, 0.25) is 0 Å². The Morgan fingerprint density at radius 1 is 0.917 bits per heavy atom. The lowest BCUT2D eigenvalue weighted by atomic mass is 10.1. The first-order valence-corrected chi connectivity index (χ1v) is 10.8. The van der Waals surface area contributed by atoms with Crippen LogP contribution >= 0.6 is 0 Å². The van der Waals surface area contributed by atoms with Gasteiger partial charge in [0.25, 0.3) is 0 Å². The maximum absolute atomic E-state index is 12.3. The molecular formula is C17H21NO4S2. The smallest absolute Gasteiger partial charge is 0.228 e. The van der Waals surface area contributed by atoms with Gasteiger partial charge in [0.1, 0.15) is 0 Å². The van der Waals surface area contributed by atoms with E-state index in [2.05, 4.69) is 4.72 Å². The lowest BCUT2D eigenvalue weighted by Crippen LogP contribution is -2.18. The zero-order chi connectivity index (χ0) is 17.8. The van der Waals surface area contributed by atoms with Crippen molar-refractivity contribution in [1.82, 2.24) is 4.72 Å². The van der Waals surface area contributed by atoms with Crippen molar-refractivity contribution in [3.8, 4) is 0 Å². The van der Waals surface area contributed by atoms with E-state index in [4.69, 9.17) is 0 Å². The summed E-state index contributed by atoms with van der Waals surface area (Å²) in [6.45, 7) is 1.96. The van der Waals surface area contributed by atoms with Gasteiger partial charge in [-0.25, -0.2) is 21.6 Å². The van der Waals surface area contributed by atoms with E-state index in [-0.39, 0.29) is 16.4 Å². The molecule has 0 aliphatic heterocycles. The molecule has 0 amide bonds. The maximum atomic E-state index is 12.3. The molecule has 1 N–H and O–H groups in total. The molecule has 2 rings (SSSR count). The molecule has 130 valence electrons. The van der Waals surface area contributed by atoms with Gasteiger partial charge in [0, 0.05) is 0 Å². The molecule has 0 spiro atoms. The van der Waals surface area contributed by atoms with Crippen LogP contribution in [0.3, 0.4) is 0 Å². The first kappa shape index (κ1) is 18.6. The van der Waals surface area contributed by atoms with Gasteiger partial charge in [-0.05, 0) is 49.2 Å². The average Bonchev–Trinajstić information content (AvgIpc) is 2.54. The predicted molar refractivity (Wildman–Crippen MR) is 95.1 cm³/mol. The number of nitrogens with one attached hydrogen (secondary N) is 1. The van der Waals surface area contributed by atoms with Gasteiger partial charge in [0.15, 0.2) is 9.84 Å². The summed E-state index contributed by atoms with van der Waals surface area (Å²) in [7, 11) is -5.45. The van der Waals surface area contributed by atoms with Crippen molar-refractivity contribution in [3.05, 3.63) is 65.2 Å². The van der Waals surface area contributed by atoms with Crippen LogP contribution in [0, 0.1) is 6.92 Å². The highest BCUT2D eigenvalue weighted by Gasteiger charge is 2.15. The van der Waals surface area contributed by atoms with Gasteiger partial charge >= 0.3 is 0 Å². The monoisotopic (exact) mass is 367 g/mol. The van der Waals surface area contributed by atoms with Crippen LogP contribution in [0.5, 0.6) is 0 Å². The van der Waals surface area contributed by atoms with Crippen LogP contribution in [0.4, 0.5) is 0 Å². The highest BCUT2D eigenvalue weighted by molar-refractivity contribution is 7.90. The Balaban J connectivity index is 2.05. The summed E-state index contributed by atoms with van der Waals surface area (Å²) in [5.74, 6) is -0.0345. The Morgan fingerprint density at radius 3 is 2.12 bits per heavy atom. The molecule has 0 aromatic heterocycles. The summed E-state index contributed by atoms with van der Waals surface area (Å²) in [5, 5.41) is 0. The topological polar surface area (TPSA) is 80.3 Å². The van der Waals surface area contributed by atoms with Crippen LogP contribution in [-0.2, 0) is 32.0 Å². The van der Waals surface area contributed by atoms with Crippen LogP contribution in [0.25, 0.3) is 0 Å². The fraction of sp³-hybridized carbons (Fsp3) is 0.294. The van der Waals surface area contributed by atoms with E-state index in [1.807, 2.05) is 31.2 Å². The summed E-state index contributed by atoms with van der Waals surface area (Å²) < 4.78 is 50.1. The summed E-state index contributed by atoms with van der Waals surface area (Å²) in [6, 6.07) is 13.6. The lowest BCUT2D eigenvalue weighted by Gasteiger charge is -2.08. The molecule has 0 saturated heterocycles. The molecule has 2 aromatic rings. The molecule has 0 unspecified atom stereocenters. The highest BCUT2D eigenvalue weighted by Crippen LogP contribution is 2.14. The molecule has 0 atom stereocenters. The van der Waals surface area contributed by atoms with E-state index < -0.39 is 19.9 Å². The summed E-state index contributed by atoms with van der Waals surface area (Å²) in [6.07, 6.45) is 0.473. The van der Waals surface area contributed by atoms with Gasteiger partial charge < -0.3 is 0 Å². The minimum Gasteiger partial charge on any atom is -0.228 e. The third-order valence-electron chi connectivity index (χ3n) is 3.83. The summed E-state index contributed by atoms with van der Waals surface area (Å²) >= 11 is 0. The summed E-state index contributed by atoms with van der Waals surface area (Å²) in [5.41, 5.74) is 2.68. The number of hydrogen-bond donors (Lipinski definition) is 1. The van der Waals surface area contributed by atoms with Crippen LogP contribution < -0.4 is 4.72 Å². The number of aryl methyl sites for hydroxylation is 2. The molecule has 24 heavy (non-hydrogen) atoms. The van der Waals surface area contributed by atoms with Crippen LogP contribution in [0.15, 0.2) is 53.4 Å². The molecule has 0 aliphatic rings. The first-order chi connectivity index (χ1) is 11.2. The Morgan fingerprint density at radius 2 is 1.54 bits per heavy atom. The van der Waals surface area contributed by atoms with Gasteiger partial charge in [0.05, 0.1) is 16.4 Å². The molecule has 2 aromatic carbocycles. The van der Waals surface area contributed by atoms with Crippen molar-refractivity contribution < 1.29 is 16.8 Å². The molecule has 0 saturated carbocycles. The van der Waals surface area contributed by atoms with Crippen molar-refractivity contribution in [2.45, 2.75) is 24.0 Å². The molecular weight excluding hydrogens is 346 g/mol. The minimum atomic E-state index is -3.51. The van der Waals surface area contributed by atoms with Gasteiger partial charge in [-0.2, -0.15) is 0 Å². The van der Waals surface area contributed by atoms with E-state index in [1.54, 1.807) is 0 Å². The molecule has 7 heteroatoms. The molecule has 0 bridgehead atoms. The number of hydrogen-bond acceptors (Lipinski definition) is 4. The van der Waals surface area contributed by atoms with Crippen molar-refractivity contribution in [2.24, 2.45) is 0 Å². The van der Waals surface area contributed by atoms with Gasteiger partial charge in [-0.3, -0.25) is 0 Å².